The number of hydrogen-bond acceptors (Lipinski definition) is 3. The minimum absolute atomic E-state index is 0.525. The smallest absolute Gasteiger partial charge is 0.0737 e. The van der Waals surface area contributed by atoms with Crippen molar-refractivity contribution in [2.75, 3.05) is 7.05 Å². The van der Waals surface area contributed by atoms with Crippen molar-refractivity contribution in [2.24, 2.45) is 5.92 Å². The van der Waals surface area contributed by atoms with Gasteiger partial charge in [-0.1, -0.05) is 25.8 Å². The van der Waals surface area contributed by atoms with E-state index in [9.17, 15) is 0 Å². The first-order valence-electron chi connectivity index (χ1n) is 3.76. The van der Waals surface area contributed by atoms with Gasteiger partial charge < -0.3 is 0 Å². The number of nitrogens with one attached hydrogen (secondary N) is 1. The minimum atomic E-state index is 0.525. The Hall–Kier alpha value is 0.270. The Morgan fingerprint density at radius 2 is 2.10 bits per heavy atom. The number of rotatable bonds is 1. The molecule has 2 unspecified atom stereocenters. The lowest BCUT2D eigenvalue weighted by molar-refractivity contribution is 0.224. The zero-order chi connectivity index (χ0) is 7.72. The first-order valence-corrected chi connectivity index (χ1v) is 4.64. The lowest BCUT2D eigenvalue weighted by atomic mass is 10.2. The molecule has 1 heterocycles. The Morgan fingerprint density at radius 1 is 1.50 bits per heavy atom. The second-order valence-electron chi connectivity index (χ2n) is 3.21. The number of hydrogen-bond donors (Lipinski definition) is 1. The van der Waals surface area contributed by atoms with Crippen molar-refractivity contribution in [3.63, 3.8) is 0 Å². The Labute approximate surface area is 67.5 Å². The standard InChI is InChI=1S/C7H16N2S/c1-5(2)7-9(4)6(3)8-10-7/h5-8H,1-4H3. The second kappa shape index (κ2) is 3.11. The summed E-state index contributed by atoms with van der Waals surface area (Å²) in [5.41, 5.74) is 0. The molecule has 60 valence electrons. The van der Waals surface area contributed by atoms with Crippen molar-refractivity contribution in [3.8, 4) is 0 Å². The Morgan fingerprint density at radius 3 is 2.30 bits per heavy atom. The van der Waals surface area contributed by atoms with Gasteiger partial charge in [-0.3, -0.25) is 4.90 Å². The maximum Gasteiger partial charge on any atom is 0.0737 e. The maximum atomic E-state index is 3.34. The van der Waals surface area contributed by atoms with Gasteiger partial charge in [0.1, 0.15) is 0 Å². The lowest BCUT2D eigenvalue weighted by Gasteiger charge is -2.23. The molecule has 0 aromatic heterocycles. The van der Waals surface area contributed by atoms with Crippen LogP contribution in [0.2, 0.25) is 0 Å². The molecule has 0 radical (unpaired) electrons. The van der Waals surface area contributed by atoms with Crippen LogP contribution in [0.3, 0.4) is 0 Å². The summed E-state index contributed by atoms with van der Waals surface area (Å²) in [5.74, 6) is 0.729. The van der Waals surface area contributed by atoms with Crippen molar-refractivity contribution in [3.05, 3.63) is 0 Å². The third kappa shape index (κ3) is 1.47. The highest BCUT2D eigenvalue weighted by atomic mass is 32.2. The molecule has 0 aromatic carbocycles. The van der Waals surface area contributed by atoms with Crippen LogP contribution in [0.1, 0.15) is 20.8 Å². The fraction of sp³-hybridized carbons (Fsp3) is 1.00. The van der Waals surface area contributed by atoms with Crippen LogP contribution < -0.4 is 4.72 Å². The summed E-state index contributed by atoms with van der Waals surface area (Å²) in [6.45, 7) is 6.71. The molecule has 1 saturated heterocycles. The fourth-order valence-corrected chi connectivity index (χ4v) is 2.28. The molecule has 0 aromatic rings. The molecule has 2 atom stereocenters. The molecule has 1 rings (SSSR count). The van der Waals surface area contributed by atoms with E-state index in [1.54, 1.807) is 0 Å². The largest absolute Gasteiger partial charge is 0.277 e. The SMILES string of the molecule is CC(C)C1SNC(C)N1C. The highest BCUT2D eigenvalue weighted by Crippen LogP contribution is 2.27. The summed E-state index contributed by atoms with van der Waals surface area (Å²) in [4.78, 5) is 2.37. The molecular weight excluding hydrogens is 144 g/mol. The number of nitrogens with zero attached hydrogens (tertiary/aromatic N) is 1. The van der Waals surface area contributed by atoms with Gasteiger partial charge in [0.05, 0.1) is 11.5 Å². The normalized spacial score (nSPS) is 35.7. The first kappa shape index (κ1) is 8.37. The summed E-state index contributed by atoms with van der Waals surface area (Å²) >= 11 is 1.84. The summed E-state index contributed by atoms with van der Waals surface area (Å²) in [6.07, 6.45) is 0.525. The van der Waals surface area contributed by atoms with Crippen LogP contribution in [-0.4, -0.2) is 23.5 Å². The zero-order valence-corrected chi connectivity index (χ0v) is 7.90. The molecule has 0 saturated carbocycles. The van der Waals surface area contributed by atoms with E-state index in [0.29, 0.717) is 11.5 Å². The molecule has 10 heavy (non-hydrogen) atoms. The molecule has 0 spiro atoms. The molecule has 1 aliphatic rings. The average molecular weight is 160 g/mol. The van der Waals surface area contributed by atoms with E-state index >= 15 is 0 Å². The van der Waals surface area contributed by atoms with Crippen LogP contribution in [-0.2, 0) is 0 Å². The van der Waals surface area contributed by atoms with Crippen molar-refractivity contribution in [1.29, 1.82) is 0 Å². The molecule has 0 bridgehead atoms. The Bertz CT molecular complexity index is 116. The third-order valence-electron chi connectivity index (χ3n) is 1.94. The van der Waals surface area contributed by atoms with Crippen molar-refractivity contribution in [1.82, 2.24) is 9.62 Å². The predicted octanol–water partition coefficient (Wildman–Crippen LogP) is 1.50. The van der Waals surface area contributed by atoms with Gasteiger partial charge in [-0.2, -0.15) is 0 Å². The van der Waals surface area contributed by atoms with E-state index in [0.717, 1.165) is 5.92 Å². The molecule has 1 fully saturated rings. The Kier molecular flexibility index (Phi) is 2.61. The van der Waals surface area contributed by atoms with Gasteiger partial charge in [-0.05, 0) is 19.9 Å². The van der Waals surface area contributed by atoms with Crippen molar-refractivity contribution in [2.45, 2.75) is 32.3 Å². The van der Waals surface area contributed by atoms with E-state index < -0.39 is 0 Å². The zero-order valence-electron chi connectivity index (χ0n) is 7.09. The van der Waals surface area contributed by atoms with E-state index in [-0.39, 0.29) is 0 Å². The van der Waals surface area contributed by atoms with Gasteiger partial charge in [0.25, 0.3) is 0 Å². The van der Waals surface area contributed by atoms with Crippen molar-refractivity contribution >= 4 is 11.9 Å². The first-order chi connectivity index (χ1) is 4.63. The summed E-state index contributed by atoms with van der Waals surface area (Å²) in [7, 11) is 2.17. The highest BCUT2D eigenvalue weighted by molar-refractivity contribution is 7.98. The summed E-state index contributed by atoms with van der Waals surface area (Å²) in [6, 6.07) is 0. The van der Waals surface area contributed by atoms with E-state index in [2.05, 4.69) is 37.4 Å². The minimum Gasteiger partial charge on any atom is -0.277 e. The van der Waals surface area contributed by atoms with Gasteiger partial charge >= 0.3 is 0 Å². The van der Waals surface area contributed by atoms with E-state index in [4.69, 9.17) is 0 Å². The van der Waals surface area contributed by atoms with Crippen LogP contribution in [0, 0.1) is 5.92 Å². The maximum absolute atomic E-state index is 3.34. The summed E-state index contributed by atoms with van der Waals surface area (Å²) in [5, 5.41) is 0.648. The lowest BCUT2D eigenvalue weighted by Crippen LogP contribution is -2.35. The van der Waals surface area contributed by atoms with E-state index in [1.807, 2.05) is 11.9 Å². The molecule has 3 heteroatoms. The van der Waals surface area contributed by atoms with Crippen LogP contribution in [0.4, 0.5) is 0 Å². The molecule has 0 aliphatic carbocycles. The van der Waals surface area contributed by atoms with Gasteiger partial charge in [-0.25, -0.2) is 4.72 Å². The fourth-order valence-electron chi connectivity index (χ4n) is 1.16. The second-order valence-corrected chi connectivity index (χ2v) is 4.17. The van der Waals surface area contributed by atoms with Gasteiger partial charge in [0.15, 0.2) is 0 Å². The molecular formula is C7H16N2S. The van der Waals surface area contributed by atoms with Gasteiger partial charge in [-0.15, -0.1) is 0 Å². The average Bonchev–Trinajstić information content (AvgIpc) is 2.14. The molecule has 0 amide bonds. The van der Waals surface area contributed by atoms with Crippen LogP contribution in [0.15, 0.2) is 0 Å². The van der Waals surface area contributed by atoms with Crippen LogP contribution in [0.25, 0.3) is 0 Å². The monoisotopic (exact) mass is 160 g/mol. The van der Waals surface area contributed by atoms with Gasteiger partial charge in [0, 0.05) is 0 Å². The predicted molar refractivity (Wildman–Crippen MR) is 46.6 cm³/mol. The quantitative estimate of drug-likeness (QED) is 0.585. The highest BCUT2D eigenvalue weighted by Gasteiger charge is 2.29. The topological polar surface area (TPSA) is 15.3 Å². The summed E-state index contributed by atoms with van der Waals surface area (Å²) < 4.78 is 3.34. The molecule has 1 aliphatic heterocycles. The molecule has 2 nitrogen and oxygen atoms in total. The molecule has 1 N–H and O–H groups in total. The van der Waals surface area contributed by atoms with E-state index in [1.165, 1.54) is 0 Å². The third-order valence-corrected chi connectivity index (χ3v) is 3.54. The Balaban J connectivity index is 2.49. The van der Waals surface area contributed by atoms with Gasteiger partial charge in [0.2, 0.25) is 0 Å². The van der Waals surface area contributed by atoms with Crippen molar-refractivity contribution < 1.29 is 0 Å². The van der Waals surface area contributed by atoms with Crippen LogP contribution >= 0.6 is 11.9 Å². The van der Waals surface area contributed by atoms with Crippen LogP contribution in [0.5, 0.6) is 0 Å².